The molecule has 1 heterocycles. The van der Waals surface area contributed by atoms with Crippen LogP contribution in [0.25, 0.3) is 10.2 Å². The van der Waals surface area contributed by atoms with Crippen molar-refractivity contribution in [2.75, 3.05) is 7.11 Å². The molecule has 0 saturated heterocycles. The largest absolute Gasteiger partial charge is 0.370 e. The molecule has 0 radical (unpaired) electrons. The monoisotopic (exact) mass is 255 g/mol. The molecule has 1 atom stereocenters. The molecule has 2 nitrogen and oxygen atoms in total. The minimum atomic E-state index is -0.0800. The summed E-state index contributed by atoms with van der Waals surface area (Å²) < 4.78 is 6.80. The van der Waals surface area contributed by atoms with Gasteiger partial charge in [-0.2, -0.15) is 0 Å². The molecule has 3 heteroatoms. The van der Waals surface area contributed by atoms with Gasteiger partial charge in [0.1, 0.15) is 11.1 Å². The third-order valence-corrected chi connectivity index (χ3v) is 3.95. The summed E-state index contributed by atoms with van der Waals surface area (Å²) in [6, 6.07) is 18.4. The zero-order valence-electron chi connectivity index (χ0n) is 10.0. The van der Waals surface area contributed by atoms with Gasteiger partial charge in [-0.05, 0) is 17.7 Å². The summed E-state index contributed by atoms with van der Waals surface area (Å²) >= 11 is 1.69. The Kier molecular flexibility index (Phi) is 3.09. The predicted octanol–water partition coefficient (Wildman–Crippen LogP) is 4.03. The van der Waals surface area contributed by atoms with Crippen molar-refractivity contribution >= 4 is 21.6 Å². The summed E-state index contributed by atoms with van der Waals surface area (Å²) in [4.78, 5) is 4.65. The van der Waals surface area contributed by atoms with Crippen molar-refractivity contribution < 1.29 is 4.74 Å². The van der Waals surface area contributed by atoms with Crippen molar-refractivity contribution in [2.24, 2.45) is 0 Å². The second-order valence-corrected chi connectivity index (χ2v) is 5.11. The lowest BCUT2D eigenvalue weighted by Crippen LogP contribution is -2.02. The summed E-state index contributed by atoms with van der Waals surface area (Å²) in [5.74, 6) is 0. The lowest BCUT2D eigenvalue weighted by atomic mass is 10.1. The smallest absolute Gasteiger partial charge is 0.134 e. The first-order valence-corrected chi connectivity index (χ1v) is 6.63. The van der Waals surface area contributed by atoms with Gasteiger partial charge in [0.2, 0.25) is 0 Å². The molecular formula is C15H13NOS. The van der Waals surface area contributed by atoms with Crippen molar-refractivity contribution in [3.8, 4) is 0 Å². The Morgan fingerprint density at radius 3 is 2.44 bits per heavy atom. The minimum absolute atomic E-state index is 0.0800. The lowest BCUT2D eigenvalue weighted by Gasteiger charge is -2.12. The Balaban J connectivity index is 2.06. The molecule has 0 bridgehead atoms. The summed E-state index contributed by atoms with van der Waals surface area (Å²) in [6.45, 7) is 0. The first-order valence-electron chi connectivity index (χ1n) is 5.81. The Labute approximate surface area is 110 Å². The SMILES string of the molecule is COC(c1ccccc1)c1nc2ccccc2s1. The highest BCUT2D eigenvalue weighted by Gasteiger charge is 2.17. The van der Waals surface area contributed by atoms with Gasteiger partial charge in [-0.1, -0.05) is 42.5 Å². The van der Waals surface area contributed by atoms with Gasteiger partial charge in [0.15, 0.2) is 0 Å². The highest BCUT2D eigenvalue weighted by molar-refractivity contribution is 7.18. The van der Waals surface area contributed by atoms with Crippen LogP contribution in [0.4, 0.5) is 0 Å². The van der Waals surface area contributed by atoms with Crippen LogP contribution >= 0.6 is 11.3 Å². The molecule has 0 aliphatic rings. The molecule has 0 spiro atoms. The van der Waals surface area contributed by atoms with E-state index < -0.39 is 0 Å². The maximum Gasteiger partial charge on any atom is 0.134 e. The maximum atomic E-state index is 5.60. The summed E-state index contributed by atoms with van der Waals surface area (Å²) in [5, 5.41) is 1.00. The Bertz CT molecular complexity index is 615. The molecule has 1 unspecified atom stereocenters. The van der Waals surface area contributed by atoms with Gasteiger partial charge in [0.25, 0.3) is 0 Å². The summed E-state index contributed by atoms with van der Waals surface area (Å²) in [7, 11) is 1.73. The van der Waals surface area contributed by atoms with E-state index in [1.54, 1.807) is 18.4 Å². The van der Waals surface area contributed by atoms with Gasteiger partial charge < -0.3 is 4.74 Å². The van der Waals surface area contributed by atoms with E-state index in [0.717, 1.165) is 16.1 Å². The fourth-order valence-electron chi connectivity index (χ4n) is 2.01. The van der Waals surface area contributed by atoms with Crippen LogP contribution in [0.15, 0.2) is 54.6 Å². The van der Waals surface area contributed by atoms with E-state index in [9.17, 15) is 0 Å². The number of thiazole rings is 1. The number of benzene rings is 2. The average molecular weight is 255 g/mol. The summed E-state index contributed by atoms with van der Waals surface area (Å²) in [6.07, 6.45) is -0.0800. The van der Waals surface area contributed by atoms with E-state index in [1.165, 1.54) is 4.70 Å². The van der Waals surface area contributed by atoms with Crippen LogP contribution in [0.1, 0.15) is 16.7 Å². The van der Waals surface area contributed by atoms with Crippen LogP contribution in [0.5, 0.6) is 0 Å². The molecule has 18 heavy (non-hydrogen) atoms. The number of methoxy groups -OCH3 is 1. The molecule has 3 rings (SSSR count). The van der Waals surface area contributed by atoms with E-state index >= 15 is 0 Å². The van der Waals surface area contributed by atoms with Crippen molar-refractivity contribution in [1.82, 2.24) is 4.98 Å². The van der Waals surface area contributed by atoms with E-state index in [0.29, 0.717) is 0 Å². The third-order valence-electron chi connectivity index (χ3n) is 2.87. The number of nitrogens with zero attached hydrogens (tertiary/aromatic N) is 1. The zero-order chi connectivity index (χ0) is 12.4. The van der Waals surface area contributed by atoms with Gasteiger partial charge in [0.05, 0.1) is 10.2 Å². The number of fused-ring (bicyclic) bond motifs is 1. The Hall–Kier alpha value is -1.71. The molecule has 0 saturated carbocycles. The van der Waals surface area contributed by atoms with Gasteiger partial charge in [-0.3, -0.25) is 0 Å². The van der Waals surface area contributed by atoms with Crippen LogP contribution in [-0.4, -0.2) is 12.1 Å². The van der Waals surface area contributed by atoms with Gasteiger partial charge in [-0.15, -0.1) is 11.3 Å². The molecule has 3 aromatic rings. The highest BCUT2D eigenvalue weighted by Crippen LogP contribution is 2.31. The number of hydrogen-bond donors (Lipinski definition) is 0. The molecule has 0 aliphatic heterocycles. The number of hydrogen-bond acceptors (Lipinski definition) is 3. The minimum Gasteiger partial charge on any atom is -0.370 e. The lowest BCUT2D eigenvalue weighted by molar-refractivity contribution is 0.136. The number of rotatable bonds is 3. The first-order chi connectivity index (χ1) is 8.88. The van der Waals surface area contributed by atoms with E-state index in [2.05, 4.69) is 23.2 Å². The molecule has 0 amide bonds. The zero-order valence-corrected chi connectivity index (χ0v) is 10.9. The maximum absolute atomic E-state index is 5.60. The fourth-order valence-corrected chi connectivity index (χ4v) is 3.08. The van der Waals surface area contributed by atoms with Gasteiger partial charge in [0, 0.05) is 7.11 Å². The van der Waals surface area contributed by atoms with E-state index in [-0.39, 0.29) is 6.10 Å². The van der Waals surface area contributed by atoms with E-state index in [1.807, 2.05) is 36.4 Å². The van der Waals surface area contributed by atoms with Crippen LogP contribution in [-0.2, 0) is 4.74 Å². The second kappa shape index (κ2) is 4.88. The van der Waals surface area contributed by atoms with Gasteiger partial charge >= 0.3 is 0 Å². The van der Waals surface area contributed by atoms with Crippen molar-refractivity contribution in [2.45, 2.75) is 6.10 Å². The van der Waals surface area contributed by atoms with Crippen LogP contribution in [0.3, 0.4) is 0 Å². The second-order valence-electron chi connectivity index (χ2n) is 4.05. The molecule has 0 fully saturated rings. The van der Waals surface area contributed by atoms with Crippen molar-refractivity contribution in [3.05, 3.63) is 65.2 Å². The Morgan fingerprint density at radius 1 is 1.00 bits per heavy atom. The molecule has 1 aromatic heterocycles. The van der Waals surface area contributed by atoms with E-state index in [4.69, 9.17) is 4.74 Å². The normalized spacial score (nSPS) is 12.7. The topological polar surface area (TPSA) is 22.1 Å². The number of aromatic nitrogens is 1. The number of ether oxygens (including phenoxy) is 1. The van der Waals surface area contributed by atoms with Crippen molar-refractivity contribution in [3.63, 3.8) is 0 Å². The number of para-hydroxylation sites is 1. The molecule has 0 aliphatic carbocycles. The predicted molar refractivity (Wildman–Crippen MR) is 74.9 cm³/mol. The molecule has 2 aromatic carbocycles. The fraction of sp³-hybridized carbons (Fsp3) is 0.133. The quantitative estimate of drug-likeness (QED) is 0.705. The molecule has 90 valence electrons. The molecular weight excluding hydrogens is 242 g/mol. The van der Waals surface area contributed by atoms with Crippen LogP contribution in [0, 0.1) is 0 Å². The average Bonchev–Trinajstić information content (AvgIpc) is 2.84. The molecule has 0 N–H and O–H groups in total. The van der Waals surface area contributed by atoms with Crippen molar-refractivity contribution in [1.29, 1.82) is 0 Å². The Morgan fingerprint density at radius 2 is 1.72 bits per heavy atom. The highest BCUT2D eigenvalue weighted by atomic mass is 32.1. The van der Waals surface area contributed by atoms with Gasteiger partial charge in [-0.25, -0.2) is 4.98 Å². The summed E-state index contributed by atoms with van der Waals surface area (Å²) in [5.41, 5.74) is 2.18. The third kappa shape index (κ3) is 2.03. The first kappa shape index (κ1) is 11.4. The van der Waals surface area contributed by atoms with Crippen LogP contribution in [0.2, 0.25) is 0 Å². The van der Waals surface area contributed by atoms with Crippen LogP contribution < -0.4 is 0 Å². The standard InChI is InChI=1S/C15H13NOS/c1-17-14(11-7-3-2-4-8-11)15-16-12-9-5-6-10-13(12)18-15/h2-10,14H,1H3.